The molecule has 0 amide bonds. The zero-order valence-electron chi connectivity index (χ0n) is 9.54. The summed E-state index contributed by atoms with van der Waals surface area (Å²) in [6.07, 6.45) is 0. The molecule has 0 aliphatic heterocycles. The summed E-state index contributed by atoms with van der Waals surface area (Å²) >= 11 is 0. The Morgan fingerprint density at radius 1 is 1.07 bits per heavy atom. The van der Waals surface area contributed by atoms with E-state index in [4.69, 9.17) is 11.0 Å². The molecule has 2 heteroatoms. The minimum Gasteiger partial charge on any atom is -0.326 e. The van der Waals surface area contributed by atoms with Crippen molar-refractivity contribution in [3.8, 4) is 6.07 Å². The molecule has 0 unspecified atom stereocenters. The van der Waals surface area contributed by atoms with Crippen molar-refractivity contribution < 1.29 is 0 Å². The van der Waals surface area contributed by atoms with Crippen LogP contribution in [0.4, 0.5) is 0 Å². The molecule has 0 saturated carbocycles. The smallest absolute Gasteiger partial charge is 0.0991 e. The molecule has 0 aliphatic rings. The molecule has 78 valence electrons. The zero-order valence-corrected chi connectivity index (χ0v) is 9.54. The molecule has 1 aromatic rings. The van der Waals surface area contributed by atoms with Gasteiger partial charge in [0.1, 0.15) is 0 Å². The molecule has 0 heterocycles. The second kappa shape index (κ2) is 11.7. The zero-order chi connectivity index (χ0) is 11.4. The van der Waals surface area contributed by atoms with Crippen molar-refractivity contribution in [1.82, 2.24) is 0 Å². The van der Waals surface area contributed by atoms with E-state index in [1.54, 1.807) is 12.1 Å². The molecule has 0 atom stereocenters. The molecule has 0 fully saturated rings. The second-order valence-corrected chi connectivity index (χ2v) is 2.01. The third kappa shape index (κ3) is 6.22. The number of benzene rings is 1. The molecule has 2 nitrogen and oxygen atoms in total. The van der Waals surface area contributed by atoms with Crippen molar-refractivity contribution in [2.45, 2.75) is 34.2 Å². The highest BCUT2D eigenvalue weighted by Crippen LogP contribution is 2.01. The average molecular weight is 192 g/mol. The molecule has 1 aromatic carbocycles. The summed E-state index contributed by atoms with van der Waals surface area (Å²) < 4.78 is 0. The first kappa shape index (κ1) is 15.2. The predicted molar refractivity (Wildman–Crippen MR) is 61.7 cm³/mol. The fourth-order valence-electron chi connectivity index (χ4n) is 0.715. The summed E-state index contributed by atoms with van der Waals surface area (Å²) in [5.74, 6) is 0. The van der Waals surface area contributed by atoms with Gasteiger partial charge in [-0.2, -0.15) is 5.26 Å². The number of nitrogens with two attached hydrogens (primary N) is 1. The van der Waals surface area contributed by atoms with Crippen LogP contribution in [0.2, 0.25) is 0 Å². The van der Waals surface area contributed by atoms with Gasteiger partial charge in [-0.15, -0.1) is 0 Å². The second-order valence-electron chi connectivity index (χ2n) is 2.01. The predicted octanol–water partition coefficient (Wildman–Crippen LogP) is 3.07. The first-order chi connectivity index (χ1) is 6.86. The lowest BCUT2D eigenvalue weighted by Crippen LogP contribution is -1.94. The van der Waals surface area contributed by atoms with Crippen molar-refractivity contribution in [2.24, 2.45) is 5.73 Å². The summed E-state index contributed by atoms with van der Waals surface area (Å²) in [4.78, 5) is 0. The number of nitriles is 1. The Morgan fingerprint density at radius 2 is 1.50 bits per heavy atom. The summed E-state index contributed by atoms with van der Waals surface area (Å²) in [6, 6.07) is 9.29. The molecule has 0 saturated heterocycles. The molecule has 0 aliphatic carbocycles. The highest BCUT2D eigenvalue weighted by atomic mass is 14.5. The molecule has 1 rings (SSSR count). The molecule has 0 bridgehead atoms. The van der Waals surface area contributed by atoms with Crippen LogP contribution in [0.1, 0.15) is 38.8 Å². The van der Waals surface area contributed by atoms with Crippen LogP contribution in [0.5, 0.6) is 0 Å². The Kier molecular flexibility index (Phi) is 12.6. The number of hydrogen-bond acceptors (Lipinski definition) is 2. The van der Waals surface area contributed by atoms with Gasteiger partial charge in [0.25, 0.3) is 0 Å². The standard InChI is InChI=1S/C8H8N2.2C2H6/c9-5-7-1-2-8(6-10)4-3-7;2*1-2/h1-4H,5,9H2;2*1-2H3. The maximum atomic E-state index is 8.42. The van der Waals surface area contributed by atoms with Gasteiger partial charge in [-0.25, -0.2) is 0 Å². The van der Waals surface area contributed by atoms with Gasteiger partial charge in [0.2, 0.25) is 0 Å². The van der Waals surface area contributed by atoms with E-state index in [0.717, 1.165) is 5.56 Å². The van der Waals surface area contributed by atoms with E-state index < -0.39 is 0 Å². The van der Waals surface area contributed by atoms with Gasteiger partial charge >= 0.3 is 0 Å². The van der Waals surface area contributed by atoms with E-state index in [1.165, 1.54) is 0 Å². The summed E-state index contributed by atoms with van der Waals surface area (Å²) in [7, 11) is 0. The van der Waals surface area contributed by atoms with Crippen molar-refractivity contribution in [2.75, 3.05) is 0 Å². The maximum absolute atomic E-state index is 8.42. The summed E-state index contributed by atoms with van der Waals surface area (Å²) in [5, 5.41) is 8.42. The van der Waals surface area contributed by atoms with Crippen molar-refractivity contribution >= 4 is 0 Å². The SMILES string of the molecule is CC.CC.N#Cc1ccc(CN)cc1. The minimum atomic E-state index is 0.533. The van der Waals surface area contributed by atoms with Crippen LogP contribution in [-0.2, 0) is 6.54 Å². The van der Waals surface area contributed by atoms with Crippen molar-refractivity contribution in [1.29, 1.82) is 5.26 Å². The van der Waals surface area contributed by atoms with Gasteiger partial charge in [-0.1, -0.05) is 39.8 Å². The lowest BCUT2D eigenvalue weighted by atomic mass is 10.1. The number of hydrogen-bond donors (Lipinski definition) is 1. The quantitative estimate of drug-likeness (QED) is 0.743. The fraction of sp³-hybridized carbons (Fsp3) is 0.417. The van der Waals surface area contributed by atoms with Gasteiger partial charge in [-0.05, 0) is 17.7 Å². The summed E-state index contributed by atoms with van der Waals surface area (Å²) in [6.45, 7) is 8.53. The van der Waals surface area contributed by atoms with E-state index in [0.29, 0.717) is 12.1 Å². The Hall–Kier alpha value is -1.33. The van der Waals surface area contributed by atoms with Gasteiger partial charge < -0.3 is 5.73 Å². The lowest BCUT2D eigenvalue weighted by molar-refractivity contribution is 1.07. The topological polar surface area (TPSA) is 49.8 Å². The van der Waals surface area contributed by atoms with Crippen molar-refractivity contribution in [3.05, 3.63) is 35.4 Å². The van der Waals surface area contributed by atoms with Crippen LogP contribution in [0.25, 0.3) is 0 Å². The first-order valence-corrected chi connectivity index (χ1v) is 5.06. The number of rotatable bonds is 1. The minimum absolute atomic E-state index is 0.533. The molecule has 14 heavy (non-hydrogen) atoms. The Balaban J connectivity index is 0. The lowest BCUT2D eigenvalue weighted by Gasteiger charge is -1.93. The van der Waals surface area contributed by atoms with E-state index in [2.05, 4.69) is 0 Å². The monoisotopic (exact) mass is 192 g/mol. The van der Waals surface area contributed by atoms with Crippen LogP contribution in [0.15, 0.2) is 24.3 Å². The van der Waals surface area contributed by atoms with Crippen LogP contribution in [0.3, 0.4) is 0 Å². The third-order valence-corrected chi connectivity index (χ3v) is 1.32. The molecular weight excluding hydrogens is 172 g/mol. The molecule has 0 spiro atoms. The first-order valence-electron chi connectivity index (χ1n) is 5.06. The van der Waals surface area contributed by atoms with E-state index in [-0.39, 0.29) is 0 Å². The third-order valence-electron chi connectivity index (χ3n) is 1.32. The van der Waals surface area contributed by atoms with E-state index >= 15 is 0 Å². The van der Waals surface area contributed by atoms with Gasteiger partial charge in [-0.3, -0.25) is 0 Å². The number of nitrogens with zero attached hydrogens (tertiary/aromatic N) is 1. The van der Waals surface area contributed by atoms with Crippen LogP contribution in [0, 0.1) is 11.3 Å². The molecule has 0 aromatic heterocycles. The average Bonchev–Trinajstić information content (AvgIpc) is 2.34. The van der Waals surface area contributed by atoms with E-state index in [1.807, 2.05) is 45.9 Å². The molecular formula is C12H20N2. The molecule has 0 radical (unpaired) electrons. The normalized spacial score (nSPS) is 7.14. The highest BCUT2D eigenvalue weighted by molar-refractivity contribution is 5.31. The van der Waals surface area contributed by atoms with Crippen molar-refractivity contribution in [3.63, 3.8) is 0 Å². The van der Waals surface area contributed by atoms with Gasteiger partial charge in [0.15, 0.2) is 0 Å². The summed E-state index contributed by atoms with van der Waals surface area (Å²) in [5.41, 5.74) is 7.09. The Morgan fingerprint density at radius 3 is 1.79 bits per heavy atom. The van der Waals surface area contributed by atoms with Crippen LogP contribution in [-0.4, -0.2) is 0 Å². The fourth-order valence-corrected chi connectivity index (χ4v) is 0.715. The van der Waals surface area contributed by atoms with Gasteiger partial charge in [0.05, 0.1) is 11.6 Å². The highest BCUT2D eigenvalue weighted by Gasteiger charge is 1.88. The van der Waals surface area contributed by atoms with E-state index in [9.17, 15) is 0 Å². The van der Waals surface area contributed by atoms with Crippen LogP contribution < -0.4 is 5.73 Å². The van der Waals surface area contributed by atoms with Crippen LogP contribution >= 0.6 is 0 Å². The van der Waals surface area contributed by atoms with Gasteiger partial charge in [0, 0.05) is 6.54 Å². The Labute approximate surface area is 87.4 Å². The Bertz CT molecular complexity index is 244. The largest absolute Gasteiger partial charge is 0.326 e. The maximum Gasteiger partial charge on any atom is 0.0991 e. The molecule has 2 N–H and O–H groups in total.